The number of hydrogen-bond acceptors (Lipinski definition) is 6. The number of aromatic nitrogens is 2. The minimum atomic E-state index is -2.86. The van der Waals surface area contributed by atoms with Crippen molar-refractivity contribution in [1.82, 2.24) is 20.6 Å². The molecular weight excluding hydrogens is 444 g/mol. The Balaban J connectivity index is 1.32. The Labute approximate surface area is 194 Å². The Morgan fingerprint density at radius 3 is 2.12 bits per heavy atom. The molecule has 1 saturated carbocycles. The minimum Gasteiger partial charge on any atom is -0.435 e. The molecule has 34 heavy (non-hydrogen) atoms. The molecule has 1 atom stereocenters. The molecule has 176 valence electrons. The molecule has 1 unspecified atom stereocenters. The second kappa shape index (κ2) is 9.82. The predicted molar refractivity (Wildman–Crippen MR) is 121 cm³/mol. The van der Waals surface area contributed by atoms with Gasteiger partial charge in [-0.1, -0.05) is 12.1 Å². The number of rotatable bonds is 9. The van der Waals surface area contributed by atoms with E-state index >= 15 is 0 Å². The van der Waals surface area contributed by atoms with Gasteiger partial charge < -0.3 is 20.7 Å². The van der Waals surface area contributed by atoms with Crippen molar-refractivity contribution in [2.24, 2.45) is 0 Å². The van der Waals surface area contributed by atoms with Crippen molar-refractivity contribution in [3.8, 4) is 5.75 Å². The van der Waals surface area contributed by atoms with Crippen molar-refractivity contribution in [2.75, 3.05) is 5.32 Å². The number of benzene rings is 2. The lowest BCUT2D eigenvalue weighted by molar-refractivity contribution is -0.124. The second-order valence-electron chi connectivity index (χ2n) is 8.01. The fourth-order valence-electron chi connectivity index (χ4n) is 3.40. The maximum Gasteiger partial charge on any atom is 0.387 e. The van der Waals surface area contributed by atoms with Crippen LogP contribution in [0.3, 0.4) is 0 Å². The highest BCUT2D eigenvalue weighted by Gasteiger charge is 2.51. The van der Waals surface area contributed by atoms with Gasteiger partial charge in [-0.2, -0.15) is 8.78 Å². The number of amides is 2. The fraction of sp³-hybridized carbons (Fsp3) is 0.250. The summed E-state index contributed by atoms with van der Waals surface area (Å²) in [5.74, 6) is -0.536. The number of ether oxygens (including phenoxy) is 1. The van der Waals surface area contributed by atoms with Crippen molar-refractivity contribution in [3.05, 3.63) is 78.4 Å². The van der Waals surface area contributed by atoms with E-state index in [0.29, 0.717) is 24.1 Å². The average Bonchev–Trinajstić information content (AvgIpc) is 3.62. The molecule has 4 rings (SSSR count). The van der Waals surface area contributed by atoms with Gasteiger partial charge in [-0.3, -0.25) is 9.59 Å². The number of nitrogens with one attached hydrogen (secondary N) is 3. The van der Waals surface area contributed by atoms with E-state index < -0.39 is 12.2 Å². The van der Waals surface area contributed by atoms with E-state index in [-0.39, 0.29) is 23.6 Å². The molecule has 10 heteroatoms. The van der Waals surface area contributed by atoms with Crippen LogP contribution in [0.4, 0.5) is 20.2 Å². The van der Waals surface area contributed by atoms with Crippen LogP contribution in [0.5, 0.6) is 5.75 Å². The minimum absolute atomic E-state index is 0.0854. The third-order valence-electron chi connectivity index (χ3n) is 5.49. The number of anilines is 2. The molecule has 8 nitrogen and oxygen atoms in total. The van der Waals surface area contributed by atoms with Gasteiger partial charge in [-0.15, -0.1) is 0 Å². The molecule has 3 N–H and O–H groups in total. The van der Waals surface area contributed by atoms with Gasteiger partial charge in [0.05, 0.1) is 11.6 Å². The molecule has 2 amide bonds. The average molecular weight is 467 g/mol. The van der Waals surface area contributed by atoms with Gasteiger partial charge in [0.25, 0.3) is 5.91 Å². The van der Waals surface area contributed by atoms with Gasteiger partial charge in [0, 0.05) is 23.8 Å². The fourth-order valence-corrected chi connectivity index (χ4v) is 3.40. The maximum atomic E-state index is 12.9. The molecule has 2 aromatic carbocycles. The van der Waals surface area contributed by atoms with Crippen LogP contribution in [0.25, 0.3) is 0 Å². The van der Waals surface area contributed by atoms with Crippen LogP contribution in [0.2, 0.25) is 0 Å². The van der Waals surface area contributed by atoms with Crippen LogP contribution < -0.4 is 20.7 Å². The first-order valence-electron chi connectivity index (χ1n) is 10.6. The molecule has 0 bridgehead atoms. The monoisotopic (exact) mass is 467 g/mol. The molecule has 0 aliphatic heterocycles. The first-order chi connectivity index (χ1) is 16.3. The van der Waals surface area contributed by atoms with Crippen molar-refractivity contribution in [2.45, 2.75) is 38.0 Å². The van der Waals surface area contributed by atoms with Crippen LogP contribution >= 0.6 is 0 Å². The third-order valence-corrected chi connectivity index (χ3v) is 5.49. The summed E-state index contributed by atoms with van der Waals surface area (Å²) in [6.45, 7) is -0.997. The summed E-state index contributed by atoms with van der Waals surface area (Å²) in [4.78, 5) is 32.9. The van der Waals surface area contributed by atoms with E-state index in [1.54, 1.807) is 12.1 Å². The Kier molecular flexibility index (Phi) is 6.67. The summed E-state index contributed by atoms with van der Waals surface area (Å²) in [5, 5.41) is 8.94. The molecule has 0 radical (unpaired) electrons. The molecule has 1 aliphatic carbocycles. The molecule has 1 fully saturated rings. The lowest BCUT2D eigenvalue weighted by Gasteiger charge is -2.21. The molecule has 1 aliphatic rings. The number of carbonyl (C=O) groups is 2. The first kappa shape index (κ1) is 23.1. The van der Waals surface area contributed by atoms with Gasteiger partial charge in [0.2, 0.25) is 5.91 Å². The zero-order valence-electron chi connectivity index (χ0n) is 18.3. The van der Waals surface area contributed by atoms with Crippen molar-refractivity contribution in [1.29, 1.82) is 0 Å². The highest BCUT2D eigenvalue weighted by molar-refractivity contribution is 6.00. The second-order valence-corrected chi connectivity index (χ2v) is 8.01. The van der Waals surface area contributed by atoms with Crippen LogP contribution in [-0.2, 0) is 4.79 Å². The highest BCUT2D eigenvalue weighted by Crippen LogP contribution is 2.36. The van der Waals surface area contributed by atoms with E-state index in [9.17, 15) is 18.4 Å². The summed E-state index contributed by atoms with van der Waals surface area (Å²) in [6.07, 6.45) is 5.27. The van der Waals surface area contributed by atoms with E-state index in [0.717, 1.165) is 11.3 Å². The molecular formula is C24H23F2N5O3. The predicted octanol–water partition coefficient (Wildman–Crippen LogP) is 3.96. The van der Waals surface area contributed by atoms with Crippen LogP contribution in [0.1, 0.15) is 41.7 Å². The smallest absolute Gasteiger partial charge is 0.387 e. The topological polar surface area (TPSA) is 105 Å². The van der Waals surface area contributed by atoms with Gasteiger partial charge in [0.1, 0.15) is 17.6 Å². The third kappa shape index (κ3) is 5.64. The SMILES string of the molecule is CC(NC(=O)C1(NC(=O)c2cncnc2)CC1)c1ccc(Nc2ccc(OC(F)F)cc2)cc1. The maximum absolute atomic E-state index is 12.9. The summed E-state index contributed by atoms with van der Waals surface area (Å²) >= 11 is 0. The van der Waals surface area contributed by atoms with Crippen LogP contribution in [0, 0.1) is 0 Å². The number of alkyl halides is 2. The molecule has 0 saturated heterocycles. The Bertz CT molecular complexity index is 1140. The number of carbonyl (C=O) groups excluding carboxylic acids is 2. The van der Waals surface area contributed by atoms with Gasteiger partial charge in [0.15, 0.2) is 0 Å². The summed E-state index contributed by atoms with van der Waals surface area (Å²) < 4.78 is 28.9. The van der Waals surface area contributed by atoms with Crippen LogP contribution in [0.15, 0.2) is 67.3 Å². The Morgan fingerprint density at radius 2 is 1.56 bits per heavy atom. The van der Waals surface area contributed by atoms with E-state index in [4.69, 9.17) is 0 Å². The van der Waals surface area contributed by atoms with Crippen LogP contribution in [-0.4, -0.2) is 33.9 Å². The lowest BCUT2D eigenvalue weighted by atomic mass is 10.1. The zero-order chi connectivity index (χ0) is 24.1. The van der Waals surface area contributed by atoms with Gasteiger partial charge in [-0.05, 0) is 61.7 Å². The van der Waals surface area contributed by atoms with Crippen molar-refractivity contribution in [3.63, 3.8) is 0 Å². The summed E-state index contributed by atoms with van der Waals surface area (Å²) in [6, 6.07) is 13.4. The van der Waals surface area contributed by atoms with E-state index in [1.165, 1.54) is 30.9 Å². The van der Waals surface area contributed by atoms with E-state index in [1.807, 2.05) is 31.2 Å². The summed E-state index contributed by atoms with van der Waals surface area (Å²) in [7, 11) is 0. The number of hydrogen-bond donors (Lipinski definition) is 3. The largest absolute Gasteiger partial charge is 0.435 e. The first-order valence-corrected chi connectivity index (χ1v) is 10.6. The van der Waals surface area contributed by atoms with Gasteiger partial charge in [-0.25, -0.2) is 9.97 Å². The lowest BCUT2D eigenvalue weighted by Crippen LogP contribution is -2.49. The normalized spacial score (nSPS) is 14.7. The van der Waals surface area contributed by atoms with Gasteiger partial charge >= 0.3 is 6.61 Å². The quantitative estimate of drug-likeness (QED) is 0.440. The zero-order valence-corrected chi connectivity index (χ0v) is 18.3. The van der Waals surface area contributed by atoms with Crippen molar-refractivity contribution < 1.29 is 23.1 Å². The summed E-state index contributed by atoms with van der Waals surface area (Å²) in [5.41, 5.74) is 1.78. The number of halogens is 2. The Hall–Kier alpha value is -4.08. The van der Waals surface area contributed by atoms with Crippen molar-refractivity contribution >= 4 is 23.2 Å². The Morgan fingerprint density at radius 1 is 0.971 bits per heavy atom. The molecule has 3 aromatic rings. The standard InChI is InChI=1S/C24H23F2N5O3/c1-15(29-22(33)24(10-11-24)31-21(32)17-12-27-14-28-13-17)16-2-4-18(5-3-16)30-19-6-8-20(9-7-19)34-23(25)26/h2-9,12-15,23,30H,10-11H2,1H3,(H,29,33)(H,31,32). The molecule has 1 heterocycles. The molecule has 1 aromatic heterocycles. The molecule has 0 spiro atoms. The number of nitrogens with zero attached hydrogens (tertiary/aromatic N) is 2. The highest BCUT2D eigenvalue weighted by atomic mass is 19.3. The van der Waals surface area contributed by atoms with E-state index in [2.05, 4.69) is 30.7 Å².